The summed E-state index contributed by atoms with van der Waals surface area (Å²) < 4.78 is 5.93. The Morgan fingerprint density at radius 3 is 2.65 bits per heavy atom. The van der Waals surface area contributed by atoms with Crippen LogP contribution >= 0.6 is 0 Å². The van der Waals surface area contributed by atoms with E-state index in [0.717, 1.165) is 12.1 Å². The SMILES string of the molecule is CCOC(C(C)C)C(NC)c1cnc2ccccc2c1. The van der Waals surface area contributed by atoms with E-state index in [9.17, 15) is 0 Å². The quantitative estimate of drug-likeness (QED) is 0.873. The van der Waals surface area contributed by atoms with Crippen LogP contribution in [0.4, 0.5) is 0 Å². The zero-order valence-corrected chi connectivity index (χ0v) is 12.8. The lowest BCUT2D eigenvalue weighted by Crippen LogP contribution is -2.35. The summed E-state index contributed by atoms with van der Waals surface area (Å²) in [7, 11) is 1.98. The predicted octanol–water partition coefficient (Wildman–Crippen LogP) is 3.56. The number of likely N-dealkylation sites (N-methyl/N-ethyl adjacent to an activating group) is 1. The van der Waals surface area contributed by atoms with Gasteiger partial charge in [-0.15, -0.1) is 0 Å². The molecule has 1 aromatic carbocycles. The van der Waals surface area contributed by atoms with Crippen molar-refractivity contribution in [3.05, 3.63) is 42.1 Å². The molecule has 3 nitrogen and oxygen atoms in total. The summed E-state index contributed by atoms with van der Waals surface area (Å²) >= 11 is 0. The minimum Gasteiger partial charge on any atom is -0.376 e. The zero-order chi connectivity index (χ0) is 14.5. The highest BCUT2D eigenvalue weighted by Crippen LogP contribution is 2.26. The van der Waals surface area contributed by atoms with E-state index in [0.29, 0.717) is 5.92 Å². The van der Waals surface area contributed by atoms with Gasteiger partial charge in [-0.05, 0) is 37.6 Å². The monoisotopic (exact) mass is 272 g/mol. The van der Waals surface area contributed by atoms with Crippen LogP contribution < -0.4 is 5.32 Å². The van der Waals surface area contributed by atoms with Gasteiger partial charge in [0.2, 0.25) is 0 Å². The molecule has 0 bridgehead atoms. The molecule has 2 unspecified atom stereocenters. The molecule has 2 aromatic rings. The van der Waals surface area contributed by atoms with Crippen LogP contribution in [0.2, 0.25) is 0 Å². The van der Waals surface area contributed by atoms with Gasteiger partial charge in [-0.2, -0.15) is 0 Å². The molecule has 0 spiro atoms. The van der Waals surface area contributed by atoms with E-state index in [1.807, 2.05) is 38.4 Å². The van der Waals surface area contributed by atoms with Gasteiger partial charge in [0.25, 0.3) is 0 Å². The van der Waals surface area contributed by atoms with Crippen molar-refractivity contribution in [1.29, 1.82) is 0 Å². The van der Waals surface area contributed by atoms with Crippen molar-refractivity contribution in [2.24, 2.45) is 5.92 Å². The van der Waals surface area contributed by atoms with Crippen LogP contribution in [0.5, 0.6) is 0 Å². The van der Waals surface area contributed by atoms with Crippen LogP contribution in [0.3, 0.4) is 0 Å². The number of ether oxygens (including phenoxy) is 1. The summed E-state index contributed by atoms with van der Waals surface area (Å²) in [5.74, 6) is 0.443. The molecule has 2 atom stereocenters. The molecule has 1 heterocycles. The second-order valence-corrected chi connectivity index (χ2v) is 5.39. The van der Waals surface area contributed by atoms with Gasteiger partial charge in [0.05, 0.1) is 17.7 Å². The van der Waals surface area contributed by atoms with Gasteiger partial charge < -0.3 is 10.1 Å². The fraction of sp³-hybridized carbons (Fsp3) is 0.471. The molecule has 20 heavy (non-hydrogen) atoms. The van der Waals surface area contributed by atoms with Crippen molar-refractivity contribution >= 4 is 10.9 Å². The number of aromatic nitrogens is 1. The first-order chi connectivity index (χ1) is 9.67. The minimum atomic E-state index is 0.146. The summed E-state index contributed by atoms with van der Waals surface area (Å²) in [6.45, 7) is 7.15. The third-order valence-electron chi connectivity index (χ3n) is 3.63. The van der Waals surface area contributed by atoms with Crippen LogP contribution in [0.1, 0.15) is 32.4 Å². The lowest BCUT2D eigenvalue weighted by Gasteiger charge is -2.30. The number of para-hydroxylation sites is 1. The number of hydrogen-bond acceptors (Lipinski definition) is 3. The van der Waals surface area contributed by atoms with E-state index in [1.165, 1.54) is 10.9 Å². The summed E-state index contributed by atoms with van der Waals surface area (Å²) in [5.41, 5.74) is 2.21. The number of nitrogens with one attached hydrogen (secondary N) is 1. The molecule has 0 aliphatic heterocycles. The Hall–Kier alpha value is -1.45. The van der Waals surface area contributed by atoms with Crippen molar-refractivity contribution < 1.29 is 4.74 Å². The van der Waals surface area contributed by atoms with E-state index in [1.54, 1.807) is 0 Å². The summed E-state index contributed by atoms with van der Waals surface area (Å²) in [5, 5.41) is 4.55. The summed E-state index contributed by atoms with van der Waals surface area (Å²) in [6.07, 6.45) is 2.10. The maximum Gasteiger partial charge on any atom is 0.0792 e. The highest BCUT2D eigenvalue weighted by atomic mass is 16.5. The molecule has 2 rings (SSSR count). The Morgan fingerprint density at radius 1 is 1.25 bits per heavy atom. The number of fused-ring (bicyclic) bond motifs is 1. The smallest absolute Gasteiger partial charge is 0.0792 e. The van der Waals surface area contributed by atoms with Crippen molar-refractivity contribution in [1.82, 2.24) is 10.3 Å². The van der Waals surface area contributed by atoms with Crippen LogP contribution in [0.25, 0.3) is 10.9 Å². The first kappa shape index (κ1) is 14.9. The van der Waals surface area contributed by atoms with E-state index in [-0.39, 0.29) is 12.1 Å². The van der Waals surface area contributed by atoms with Gasteiger partial charge in [0, 0.05) is 18.2 Å². The van der Waals surface area contributed by atoms with Gasteiger partial charge >= 0.3 is 0 Å². The average molecular weight is 272 g/mol. The summed E-state index contributed by atoms with van der Waals surface area (Å²) in [6, 6.07) is 10.6. The fourth-order valence-electron chi connectivity index (χ4n) is 2.64. The molecule has 1 N–H and O–H groups in total. The molecular formula is C17H24N2O. The number of nitrogens with zero attached hydrogens (tertiary/aromatic N) is 1. The highest BCUT2D eigenvalue weighted by molar-refractivity contribution is 5.78. The molecule has 0 saturated carbocycles. The molecule has 0 amide bonds. The van der Waals surface area contributed by atoms with Gasteiger partial charge in [-0.3, -0.25) is 4.98 Å². The molecule has 0 aliphatic carbocycles. The zero-order valence-electron chi connectivity index (χ0n) is 12.8. The van der Waals surface area contributed by atoms with Crippen molar-refractivity contribution in [3.63, 3.8) is 0 Å². The largest absolute Gasteiger partial charge is 0.376 e. The van der Waals surface area contributed by atoms with Crippen LogP contribution in [0.15, 0.2) is 36.5 Å². The Morgan fingerprint density at radius 2 is 2.00 bits per heavy atom. The highest BCUT2D eigenvalue weighted by Gasteiger charge is 2.25. The standard InChI is InChI=1S/C17H24N2O/c1-5-20-17(12(2)3)16(18-4)14-10-13-8-6-7-9-15(13)19-11-14/h6-12,16-18H,5H2,1-4H3. The topological polar surface area (TPSA) is 34.1 Å². The van der Waals surface area contributed by atoms with Crippen LogP contribution in [0, 0.1) is 5.92 Å². The van der Waals surface area contributed by atoms with E-state index >= 15 is 0 Å². The van der Waals surface area contributed by atoms with Crippen molar-refractivity contribution in [2.45, 2.75) is 32.9 Å². The second-order valence-electron chi connectivity index (χ2n) is 5.39. The lowest BCUT2D eigenvalue weighted by atomic mass is 9.93. The predicted molar refractivity (Wildman–Crippen MR) is 83.8 cm³/mol. The lowest BCUT2D eigenvalue weighted by molar-refractivity contribution is 0.00456. The van der Waals surface area contributed by atoms with Crippen molar-refractivity contribution in [3.8, 4) is 0 Å². The third kappa shape index (κ3) is 3.17. The van der Waals surface area contributed by atoms with Gasteiger partial charge in [0.1, 0.15) is 0 Å². The normalized spacial score (nSPS) is 14.7. The Bertz CT molecular complexity index is 553. The molecule has 0 fully saturated rings. The Balaban J connectivity index is 2.37. The van der Waals surface area contributed by atoms with E-state index in [2.05, 4.69) is 36.3 Å². The molecule has 3 heteroatoms. The number of pyridine rings is 1. The van der Waals surface area contributed by atoms with Gasteiger partial charge in [-0.1, -0.05) is 32.0 Å². The Kier molecular flexibility index (Phi) is 5.10. The summed E-state index contributed by atoms with van der Waals surface area (Å²) in [4.78, 5) is 4.56. The third-order valence-corrected chi connectivity index (χ3v) is 3.63. The maximum atomic E-state index is 5.93. The van der Waals surface area contributed by atoms with Crippen LogP contribution in [-0.2, 0) is 4.74 Å². The molecular weight excluding hydrogens is 248 g/mol. The van der Waals surface area contributed by atoms with Crippen LogP contribution in [-0.4, -0.2) is 24.7 Å². The van der Waals surface area contributed by atoms with Gasteiger partial charge in [-0.25, -0.2) is 0 Å². The second kappa shape index (κ2) is 6.82. The fourth-order valence-corrected chi connectivity index (χ4v) is 2.64. The van der Waals surface area contributed by atoms with E-state index < -0.39 is 0 Å². The molecule has 108 valence electrons. The molecule has 1 aromatic heterocycles. The number of rotatable bonds is 6. The number of benzene rings is 1. The first-order valence-electron chi connectivity index (χ1n) is 7.31. The average Bonchev–Trinajstić information content (AvgIpc) is 2.47. The van der Waals surface area contributed by atoms with E-state index in [4.69, 9.17) is 4.74 Å². The molecule has 0 aliphatic rings. The van der Waals surface area contributed by atoms with Crippen molar-refractivity contribution in [2.75, 3.05) is 13.7 Å². The first-order valence-corrected chi connectivity index (χ1v) is 7.31. The van der Waals surface area contributed by atoms with Gasteiger partial charge in [0.15, 0.2) is 0 Å². The molecule has 0 saturated heterocycles. The molecule has 0 radical (unpaired) electrons. The minimum absolute atomic E-state index is 0.146. The number of hydrogen-bond donors (Lipinski definition) is 1. The Labute approximate surface area is 121 Å². The maximum absolute atomic E-state index is 5.93.